The second-order valence-corrected chi connectivity index (χ2v) is 6.56. The number of carbonyl (C=O) groups excluding carboxylic acids is 1. The average molecular weight is 435 g/mol. The maximum Gasteiger partial charge on any atom is 0.277 e. The van der Waals surface area contributed by atoms with Crippen molar-refractivity contribution in [2.24, 2.45) is 5.10 Å². The molecule has 6 nitrogen and oxygen atoms in total. The van der Waals surface area contributed by atoms with Gasteiger partial charge in [0.2, 0.25) is 0 Å². The van der Waals surface area contributed by atoms with Gasteiger partial charge in [-0.15, -0.1) is 0 Å². The Morgan fingerprint density at radius 3 is 2.52 bits per heavy atom. The van der Waals surface area contributed by atoms with E-state index in [0.29, 0.717) is 23.0 Å². The third-order valence-electron chi connectivity index (χ3n) is 3.91. The first-order valence-electron chi connectivity index (χ1n) is 8.45. The van der Waals surface area contributed by atoms with Crippen LogP contribution in [0.1, 0.15) is 25.0 Å². The lowest BCUT2D eigenvalue weighted by Crippen LogP contribution is -2.25. The number of carbonyl (C=O) groups is 1. The molecule has 0 radical (unpaired) electrons. The molecule has 0 aliphatic rings. The third kappa shape index (κ3) is 5.72. The van der Waals surface area contributed by atoms with E-state index in [-0.39, 0.29) is 12.5 Å². The molecule has 1 N–H and O–H groups in total. The number of rotatable bonds is 8. The van der Waals surface area contributed by atoms with Crippen LogP contribution in [0.15, 0.2) is 46.0 Å². The molecule has 7 heteroatoms. The number of benzene rings is 2. The smallest absolute Gasteiger partial charge is 0.277 e. The van der Waals surface area contributed by atoms with Crippen molar-refractivity contribution in [2.45, 2.75) is 20.3 Å². The second-order valence-electron chi connectivity index (χ2n) is 5.71. The SMILES string of the molecule is CCc1ccc(OCC(=O)NN=C(C)c2ccc(OC)cc2OC)c(Br)c1. The largest absolute Gasteiger partial charge is 0.497 e. The van der Waals surface area contributed by atoms with Crippen LogP contribution in [0.5, 0.6) is 17.2 Å². The highest BCUT2D eigenvalue weighted by atomic mass is 79.9. The molecule has 2 aromatic carbocycles. The van der Waals surface area contributed by atoms with Crippen LogP contribution in [0, 0.1) is 0 Å². The van der Waals surface area contributed by atoms with Crippen LogP contribution < -0.4 is 19.6 Å². The van der Waals surface area contributed by atoms with Crippen molar-refractivity contribution in [3.8, 4) is 17.2 Å². The predicted molar refractivity (Wildman–Crippen MR) is 109 cm³/mol. The van der Waals surface area contributed by atoms with Gasteiger partial charge in [0.05, 0.1) is 24.4 Å². The summed E-state index contributed by atoms with van der Waals surface area (Å²) in [6.45, 7) is 3.72. The van der Waals surface area contributed by atoms with Crippen LogP contribution in [0.3, 0.4) is 0 Å². The van der Waals surface area contributed by atoms with Gasteiger partial charge in [0.1, 0.15) is 17.2 Å². The number of amides is 1. The number of nitrogens with one attached hydrogen (secondary N) is 1. The highest BCUT2D eigenvalue weighted by Crippen LogP contribution is 2.26. The number of hydrazone groups is 1. The summed E-state index contributed by atoms with van der Waals surface area (Å²) in [6, 6.07) is 11.2. The fourth-order valence-corrected chi connectivity index (χ4v) is 2.90. The molecule has 0 heterocycles. The molecule has 144 valence electrons. The van der Waals surface area contributed by atoms with E-state index in [4.69, 9.17) is 14.2 Å². The van der Waals surface area contributed by atoms with Gasteiger partial charge in [-0.2, -0.15) is 5.10 Å². The summed E-state index contributed by atoms with van der Waals surface area (Å²) in [6.07, 6.45) is 0.933. The Bertz CT molecular complexity index is 837. The lowest BCUT2D eigenvalue weighted by molar-refractivity contribution is -0.123. The normalized spacial score (nSPS) is 11.1. The fourth-order valence-electron chi connectivity index (χ4n) is 2.36. The van der Waals surface area contributed by atoms with E-state index in [1.165, 1.54) is 5.56 Å². The summed E-state index contributed by atoms with van der Waals surface area (Å²) in [4.78, 5) is 12.0. The first kappa shape index (κ1) is 20.8. The Balaban J connectivity index is 1.98. The van der Waals surface area contributed by atoms with Crippen molar-refractivity contribution in [2.75, 3.05) is 20.8 Å². The first-order chi connectivity index (χ1) is 13.0. The number of nitrogens with zero attached hydrogens (tertiary/aromatic N) is 1. The number of halogens is 1. The topological polar surface area (TPSA) is 69.2 Å². The van der Waals surface area contributed by atoms with Crippen LogP contribution in [-0.2, 0) is 11.2 Å². The standard InChI is InChI=1S/C20H23BrN2O4/c1-5-14-6-9-18(17(21)10-14)27-12-20(24)23-22-13(2)16-8-7-15(25-3)11-19(16)26-4/h6-11H,5,12H2,1-4H3,(H,23,24). The minimum absolute atomic E-state index is 0.138. The van der Waals surface area contributed by atoms with Crippen LogP contribution in [0.25, 0.3) is 0 Å². The highest BCUT2D eigenvalue weighted by Gasteiger charge is 2.10. The quantitative estimate of drug-likeness (QED) is 0.504. The van der Waals surface area contributed by atoms with Gasteiger partial charge in [-0.3, -0.25) is 4.79 Å². The zero-order valence-corrected chi connectivity index (χ0v) is 17.4. The van der Waals surface area contributed by atoms with E-state index in [0.717, 1.165) is 16.5 Å². The van der Waals surface area contributed by atoms with E-state index in [9.17, 15) is 4.79 Å². The van der Waals surface area contributed by atoms with Crippen LogP contribution in [0.2, 0.25) is 0 Å². The van der Waals surface area contributed by atoms with Crippen molar-refractivity contribution in [1.29, 1.82) is 0 Å². The molecule has 0 bridgehead atoms. The molecule has 0 saturated carbocycles. The van der Waals surface area contributed by atoms with E-state index in [1.807, 2.05) is 24.3 Å². The summed E-state index contributed by atoms with van der Waals surface area (Å²) >= 11 is 3.45. The molecule has 27 heavy (non-hydrogen) atoms. The van der Waals surface area contributed by atoms with E-state index < -0.39 is 0 Å². The number of hydrogen-bond acceptors (Lipinski definition) is 5. The van der Waals surface area contributed by atoms with Crippen molar-refractivity contribution >= 4 is 27.5 Å². The zero-order valence-electron chi connectivity index (χ0n) is 15.8. The molecule has 1 amide bonds. The summed E-state index contributed by atoms with van der Waals surface area (Å²) < 4.78 is 16.9. The average Bonchev–Trinajstić information content (AvgIpc) is 2.70. The molecule has 0 aliphatic carbocycles. The highest BCUT2D eigenvalue weighted by molar-refractivity contribution is 9.10. The van der Waals surface area contributed by atoms with Gasteiger partial charge in [0.25, 0.3) is 5.91 Å². The lowest BCUT2D eigenvalue weighted by atomic mass is 10.1. The Labute approximate surface area is 167 Å². The van der Waals surface area contributed by atoms with Crippen molar-refractivity contribution in [1.82, 2.24) is 5.43 Å². The predicted octanol–water partition coefficient (Wildman–Crippen LogP) is 3.95. The molecule has 0 saturated heterocycles. The maximum atomic E-state index is 12.0. The second kappa shape index (κ2) is 9.97. The van der Waals surface area contributed by atoms with Crippen molar-refractivity contribution in [3.05, 3.63) is 52.0 Å². The first-order valence-corrected chi connectivity index (χ1v) is 9.24. The molecule has 2 rings (SSSR count). The van der Waals surface area contributed by atoms with Gasteiger partial charge in [-0.05, 0) is 59.1 Å². The summed E-state index contributed by atoms with van der Waals surface area (Å²) in [5.41, 5.74) is 5.05. The van der Waals surface area contributed by atoms with Gasteiger partial charge >= 0.3 is 0 Å². The Hall–Kier alpha value is -2.54. The Morgan fingerprint density at radius 2 is 1.89 bits per heavy atom. The monoisotopic (exact) mass is 434 g/mol. The third-order valence-corrected chi connectivity index (χ3v) is 4.53. The number of ether oxygens (including phenoxy) is 3. The van der Waals surface area contributed by atoms with Gasteiger partial charge in [-0.25, -0.2) is 5.43 Å². The molecule has 2 aromatic rings. The molecule has 0 spiro atoms. The molecular weight excluding hydrogens is 412 g/mol. The molecule has 0 fully saturated rings. The van der Waals surface area contributed by atoms with Crippen LogP contribution in [-0.4, -0.2) is 32.4 Å². The zero-order chi connectivity index (χ0) is 19.8. The summed E-state index contributed by atoms with van der Waals surface area (Å²) in [5.74, 6) is 1.55. The maximum absolute atomic E-state index is 12.0. The molecule has 0 unspecified atom stereocenters. The summed E-state index contributed by atoms with van der Waals surface area (Å²) in [5, 5.41) is 4.13. The fraction of sp³-hybridized carbons (Fsp3) is 0.300. The van der Waals surface area contributed by atoms with Crippen LogP contribution in [0.4, 0.5) is 0 Å². The van der Waals surface area contributed by atoms with E-state index in [2.05, 4.69) is 33.4 Å². The lowest BCUT2D eigenvalue weighted by Gasteiger charge is -2.11. The summed E-state index contributed by atoms with van der Waals surface area (Å²) in [7, 11) is 3.16. The van der Waals surface area contributed by atoms with Gasteiger partial charge in [-0.1, -0.05) is 13.0 Å². The van der Waals surface area contributed by atoms with Crippen molar-refractivity contribution < 1.29 is 19.0 Å². The van der Waals surface area contributed by atoms with E-state index >= 15 is 0 Å². The molecule has 0 aromatic heterocycles. The van der Waals surface area contributed by atoms with Gasteiger partial charge in [0, 0.05) is 11.6 Å². The van der Waals surface area contributed by atoms with Gasteiger partial charge < -0.3 is 14.2 Å². The molecule has 0 atom stereocenters. The van der Waals surface area contributed by atoms with E-state index in [1.54, 1.807) is 33.3 Å². The Kier molecular flexibility index (Phi) is 7.67. The minimum atomic E-state index is -0.353. The van der Waals surface area contributed by atoms with Crippen LogP contribution >= 0.6 is 15.9 Å². The molecule has 0 aliphatic heterocycles. The Morgan fingerprint density at radius 1 is 1.11 bits per heavy atom. The van der Waals surface area contributed by atoms with Crippen molar-refractivity contribution in [3.63, 3.8) is 0 Å². The number of methoxy groups -OCH3 is 2. The number of aryl methyl sites for hydroxylation is 1. The number of hydrogen-bond donors (Lipinski definition) is 1. The van der Waals surface area contributed by atoms with Gasteiger partial charge in [0.15, 0.2) is 6.61 Å². The minimum Gasteiger partial charge on any atom is -0.497 e. The molecular formula is C20H23BrN2O4.